The highest BCUT2D eigenvalue weighted by Crippen LogP contribution is 2.32. The van der Waals surface area contributed by atoms with Crippen LogP contribution in [-0.2, 0) is 0 Å². The minimum absolute atomic E-state index is 0.105. The van der Waals surface area contributed by atoms with E-state index in [-0.39, 0.29) is 11.5 Å². The van der Waals surface area contributed by atoms with E-state index in [4.69, 9.17) is 4.74 Å². The zero-order chi connectivity index (χ0) is 13.4. The van der Waals surface area contributed by atoms with Crippen molar-refractivity contribution in [3.8, 4) is 11.5 Å². The summed E-state index contributed by atoms with van der Waals surface area (Å²) >= 11 is 0. The number of fused-ring (bicyclic) bond motifs is 1. The number of Topliss-reactive ketones (excluding diaryl/α,β-unsaturated/α-hetero) is 1. The van der Waals surface area contributed by atoms with Gasteiger partial charge in [0, 0.05) is 0 Å². The standard InChI is InChI=1S/C16H12O3/c1-10-2-7-14-13(8-10)16(18)15(19-14)9-11-3-5-12(17)6-4-11/h2-9,17H,1H3/b15-9+. The number of hydrogen-bond donors (Lipinski definition) is 1. The summed E-state index contributed by atoms with van der Waals surface area (Å²) in [5, 5.41) is 9.22. The molecule has 0 amide bonds. The SMILES string of the molecule is Cc1ccc2c(c1)C(=O)/C(=C\c1ccc(O)cc1)O2. The van der Waals surface area contributed by atoms with Crippen LogP contribution in [0.1, 0.15) is 21.5 Å². The molecule has 1 aliphatic rings. The van der Waals surface area contributed by atoms with Gasteiger partial charge < -0.3 is 9.84 Å². The van der Waals surface area contributed by atoms with Crippen LogP contribution in [-0.4, -0.2) is 10.9 Å². The number of phenols is 1. The predicted octanol–water partition coefficient (Wildman–Crippen LogP) is 3.32. The highest BCUT2D eigenvalue weighted by molar-refractivity contribution is 6.14. The summed E-state index contributed by atoms with van der Waals surface area (Å²) < 4.78 is 5.56. The molecule has 0 spiro atoms. The average molecular weight is 252 g/mol. The van der Waals surface area contributed by atoms with E-state index in [1.165, 1.54) is 0 Å². The van der Waals surface area contributed by atoms with Gasteiger partial charge in [0.2, 0.25) is 5.78 Å². The van der Waals surface area contributed by atoms with Crippen molar-refractivity contribution in [2.45, 2.75) is 6.92 Å². The van der Waals surface area contributed by atoms with E-state index in [9.17, 15) is 9.90 Å². The van der Waals surface area contributed by atoms with Crippen molar-refractivity contribution in [1.29, 1.82) is 0 Å². The lowest BCUT2D eigenvalue weighted by Crippen LogP contribution is -1.98. The van der Waals surface area contributed by atoms with Gasteiger partial charge in [-0.15, -0.1) is 0 Å². The van der Waals surface area contributed by atoms with Gasteiger partial charge in [-0.05, 0) is 42.8 Å². The molecule has 0 radical (unpaired) electrons. The predicted molar refractivity (Wildman–Crippen MR) is 72.2 cm³/mol. The van der Waals surface area contributed by atoms with Crippen molar-refractivity contribution in [3.05, 3.63) is 64.9 Å². The molecule has 2 aromatic carbocycles. The first kappa shape index (κ1) is 11.5. The average Bonchev–Trinajstić information content (AvgIpc) is 2.70. The van der Waals surface area contributed by atoms with Gasteiger partial charge in [0.15, 0.2) is 5.76 Å². The summed E-state index contributed by atoms with van der Waals surface area (Å²) in [5.41, 5.74) is 2.44. The molecule has 94 valence electrons. The third-order valence-corrected chi connectivity index (χ3v) is 3.01. The molecule has 0 unspecified atom stereocenters. The van der Waals surface area contributed by atoms with Crippen LogP contribution < -0.4 is 4.74 Å². The Labute approximate surface area is 110 Å². The minimum Gasteiger partial charge on any atom is -0.508 e. The second kappa shape index (κ2) is 4.28. The number of carbonyl (C=O) groups is 1. The molecule has 19 heavy (non-hydrogen) atoms. The highest BCUT2D eigenvalue weighted by atomic mass is 16.5. The molecule has 1 aliphatic heterocycles. The number of rotatable bonds is 1. The molecule has 0 saturated heterocycles. The Morgan fingerprint density at radius 1 is 1.11 bits per heavy atom. The fourth-order valence-electron chi connectivity index (χ4n) is 2.02. The fraction of sp³-hybridized carbons (Fsp3) is 0.0625. The molecule has 0 aromatic heterocycles. The monoisotopic (exact) mass is 252 g/mol. The van der Waals surface area contributed by atoms with Crippen LogP contribution >= 0.6 is 0 Å². The van der Waals surface area contributed by atoms with Crippen molar-refractivity contribution < 1.29 is 14.6 Å². The molecular formula is C16H12O3. The zero-order valence-electron chi connectivity index (χ0n) is 10.4. The number of allylic oxidation sites excluding steroid dienone is 1. The van der Waals surface area contributed by atoms with Gasteiger partial charge in [0.1, 0.15) is 11.5 Å². The maximum Gasteiger partial charge on any atom is 0.231 e. The van der Waals surface area contributed by atoms with Crippen LogP contribution in [0.25, 0.3) is 6.08 Å². The van der Waals surface area contributed by atoms with E-state index >= 15 is 0 Å². The number of aryl methyl sites for hydroxylation is 1. The number of ketones is 1. The minimum atomic E-state index is -0.105. The van der Waals surface area contributed by atoms with Gasteiger partial charge >= 0.3 is 0 Å². The fourth-order valence-corrected chi connectivity index (χ4v) is 2.02. The number of carbonyl (C=O) groups excluding carboxylic acids is 1. The highest BCUT2D eigenvalue weighted by Gasteiger charge is 2.26. The van der Waals surface area contributed by atoms with Gasteiger partial charge in [-0.2, -0.15) is 0 Å². The van der Waals surface area contributed by atoms with E-state index in [1.54, 1.807) is 36.4 Å². The van der Waals surface area contributed by atoms with E-state index in [0.29, 0.717) is 17.1 Å². The lowest BCUT2D eigenvalue weighted by atomic mass is 10.1. The molecule has 1 heterocycles. The quantitative estimate of drug-likeness (QED) is 0.792. The van der Waals surface area contributed by atoms with E-state index < -0.39 is 0 Å². The smallest absolute Gasteiger partial charge is 0.231 e. The second-order valence-corrected chi connectivity index (χ2v) is 4.53. The summed E-state index contributed by atoms with van der Waals surface area (Å²) in [4.78, 5) is 12.2. The van der Waals surface area contributed by atoms with Crippen LogP contribution in [0, 0.1) is 6.92 Å². The van der Waals surface area contributed by atoms with Crippen LogP contribution in [0.5, 0.6) is 11.5 Å². The zero-order valence-corrected chi connectivity index (χ0v) is 10.4. The summed E-state index contributed by atoms with van der Waals surface area (Å²) in [6.07, 6.45) is 1.68. The normalized spacial score (nSPS) is 15.4. The number of ether oxygens (including phenoxy) is 1. The Morgan fingerprint density at radius 2 is 1.84 bits per heavy atom. The van der Waals surface area contributed by atoms with E-state index in [1.807, 2.05) is 19.1 Å². The van der Waals surface area contributed by atoms with Crippen molar-refractivity contribution in [3.63, 3.8) is 0 Å². The molecule has 0 bridgehead atoms. The van der Waals surface area contributed by atoms with Crippen LogP contribution in [0.3, 0.4) is 0 Å². The maximum absolute atomic E-state index is 12.2. The third kappa shape index (κ3) is 2.10. The van der Waals surface area contributed by atoms with E-state index in [2.05, 4.69) is 0 Å². The number of phenolic OH excluding ortho intramolecular Hbond substituents is 1. The van der Waals surface area contributed by atoms with Gasteiger partial charge in [-0.3, -0.25) is 4.79 Å². The molecule has 0 saturated carbocycles. The molecule has 2 aromatic rings. The summed E-state index contributed by atoms with van der Waals surface area (Å²) in [6.45, 7) is 1.94. The van der Waals surface area contributed by atoms with Gasteiger partial charge in [0.05, 0.1) is 5.56 Å². The lowest BCUT2D eigenvalue weighted by Gasteiger charge is -1.99. The Balaban J connectivity index is 1.97. The number of benzene rings is 2. The Kier molecular flexibility index (Phi) is 2.60. The van der Waals surface area contributed by atoms with Crippen molar-refractivity contribution >= 4 is 11.9 Å². The first-order valence-corrected chi connectivity index (χ1v) is 5.97. The largest absolute Gasteiger partial charge is 0.508 e. The first-order valence-electron chi connectivity index (χ1n) is 5.97. The first-order chi connectivity index (χ1) is 9.13. The summed E-state index contributed by atoms with van der Waals surface area (Å²) in [5.74, 6) is 0.999. The van der Waals surface area contributed by atoms with Gasteiger partial charge in [-0.25, -0.2) is 0 Å². The van der Waals surface area contributed by atoms with Crippen LogP contribution in [0.4, 0.5) is 0 Å². The van der Waals surface area contributed by atoms with Gasteiger partial charge in [-0.1, -0.05) is 23.8 Å². The Hall–Kier alpha value is -2.55. The lowest BCUT2D eigenvalue weighted by molar-refractivity contribution is 0.101. The molecule has 0 atom stereocenters. The molecule has 3 heteroatoms. The van der Waals surface area contributed by atoms with Crippen molar-refractivity contribution in [1.82, 2.24) is 0 Å². The molecule has 0 aliphatic carbocycles. The molecule has 1 N–H and O–H groups in total. The number of aromatic hydroxyl groups is 1. The van der Waals surface area contributed by atoms with Crippen LogP contribution in [0.2, 0.25) is 0 Å². The van der Waals surface area contributed by atoms with Crippen molar-refractivity contribution in [2.75, 3.05) is 0 Å². The Morgan fingerprint density at radius 3 is 2.58 bits per heavy atom. The molecule has 0 fully saturated rings. The molecule has 3 rings (SSSR count). The Bertz CT molecular complexity index is 682. The van der Waals surface area contributed by atoms with E-state index in [0.717, 1.165) is 11.1 Å². The topological polar surface area (TPSA) is 46.5 Å². The van der Waals surface area contributed by atoms with Crippen LogP contribution in [0.15, 0.2) is 48.2 Å². The third-order valence-electron chi connectivity index (χ3n) is 3.01. The number of hydrogen-bond acceptors (Lipinski definition) is 3. The summed E-state index contributed by atoms with van der Waals surface area (Å²) in [6, 6.07) is 12.2. The van der Waals surface area contributed by atoms with Gasteiger partial charge in [0.25, 0.3) is 0 Å². The van der Waals surface area contributed by atoms with Crippen molar-refractivity contribution in [2.24, 2.45) is 0 Å². The molecule has 3 nitrogen and oxygen atoms in total. The molecular weight excluding hydrogens is 240 g/mol. The summed E-state index contributed by atoms with van der Waals surface area (Å²) in [7, 11) is 0. The second-order valence-electron chi connectivity index (χ2n) is 4.53. The maximum atomic E-state index is 12.2.